The summed E-state index contributed by atoms with van der Waals surface area (Å²) in [5, 5.41) is 9.64. The fraction of sp³-hybridized carbons (Fsp3) is 0.368. The lowest BCUT2D eigenvalue weighted by Crippen LogP contribution is -2.23. The van der Waals surface area contributed by atoms with Crippen LogP contribution in [0.2, 0.25) is 0 Å². The number of hydrogen-bond donors (Lipinski definition) is 2. The van der Waals surface area contributed by atoms with Crippen molar-refractivity contribution < 1.29 is 19.1 Å². The highest BCUT2D eigenvalue weighted by molar-refractivity contribution is 5.95. The zero-order chi connectivity index (χ0) is 19.2. The number of aromatic nitrogens is 2. The number of nitrogens with one attached hydrogen (secondary N) is 2. The molecule has 8 nitrogen and oxygen atoms in total. The van der Waals surface area contributed by atoms with Crippen molar-refractivity contribution >= 4 is 29.3 Å². The third-order valence-corrected chi connectivity index (χ3v) is 4.38. The van der Waals surface area contributed by atoms with Crippen LogP contribution in [0.3, 0.4) is 0 Å². The Morgan fingerprint density at radius 2 is 1.81 bits per heavy atom. The average molecular weight is 370 g/mol. The van der Waals surface area contributed by atoms with Gasteiger partial charge in [-0.15, -0.1) is 0 Å². The van der Waals surface area contributed by atoms with E-state index >= 15 is 0 Å². The molecule has 8 heteroatoms. The van der Waals surface area contributed by atoms with E-state index in [-0.39, 0.29) is 12.5 Å². The third-order valence-electron chi connectivity index (χ3n) is 4.38. The molecule has 0 bridgehead atoms. The van der Waals surface area contributed by atoms with E-state index in [0.717, 1.165) is 25.7 Å². The van der Waals surface area contributed by atoms with Crippen LogP contribution in [0.4, 0.5) is 11.5 Å². The molecule has 0 unspecified atom stereocenters. The molecule has 1 heterocycles. The molecule has 0 radical (unpaired) electrons. The summed E-state index contributed by atoms with van der Waals surface area (Å²) in [5.74, 6) is -0.608. The van der Waals surface area contributed by atoms with Crippen molar-refractivity contribution in [1.82, 2.24) is 9.78 Å². The number of benzene rings is 1. The van der Waals surface area contributed by atoms with Crippen LogP contribution >= 0.6 is 0 Å². The van der Waals surface area contributed by atoms with Crippen molar-refractivity contribution in [3.63, 3.8) is 0 Å². The molecule has 0 aliphatic heterocycles. The molecule has 1 aromatic carbocycles. The molecular weight excluding hydrogens is 348 g/mol. The first-order valence-electron chi connectivity index (χ1n) is 8.91. The fourth-order valence-electron chi connectivity index (χ4n) is 3.14. The number of rotatable bonds is 6. The maximum atomic E-state index is 12.1. The number of anilines is 2. The average Bonchev–Trinajstić information content (AvgIpc) is 3.31. The Balaban J connectivity index is 1.51. The Bertz CT molecular complexity index is 822. The van der Waals surface area contributed by atoms with Crippen molar-refractivity contribution in [3.05, 3.63) is 42.1 Å². The van der Waals surface area contributed by atoms with Crippen molar-refractivity contribution in [3.8, 4) is 0 Å². The Hall–Kier alpha value is -3.16. The van der Waals surface area contributed by atoms with Crippen molar-refractivity contribution in [2.75, 3.05) is 17.2 Å². The Labute approximate surface area is 156 Å². The Kier molecular flexibility index (Phi) is 5.85. The van der Waals surface area contributed by atoms with Crippen molar-refractivity contribution in [1.29, 1.82) is 0 Å². The standard InChI is InChI=1S/C19H22N4O4/c1-13(24)21-15-8-6-14(7-9-15)19(26)27-12-18(25)22-17-10-11-20-23(17)16-4-2-3-5-16/h6-11,16H,2-5,12H2,1H3,(H,21,24)(H,22,25). The Morgan fingerprint density at radius 3 is 2.48 bits per heavy atom. The molecule has 1 fully saturated rings. The highest BCUT2D eigenvalue weighted by Crippen LogP contribution is 2.31. The molecule has 2 amide bonds. The smallest absolute Gasteiger partial charge is 0.338 e. The fourth-order valence-corrected chi connectivity index (χ4v) is 3.14. The summed E-state index contributed by atoms with van der Waals surface area (Å²) < 4.78 is 6.88. The number of amides is 2. The molecule has 0 saturated heterocycles. The van der Waals surface area contributed by atoms with Gasteiger partial charge in [-0.3, -0.25) is 9.59 Å². The quantitative estimate of drug-likeness (QED) is 0.761. The molecule has 2 N–H and O–H groups in total. The van der Waals surface area contributed by atoms with E-state index in [2.05, 4.69) is 15.7 Å². The van der Waals surface area contributed by atoms with Gasteiger partial charge in [-0.1, -0.05) is 12.8 Å². The zero-order valence-electron chi connectivity index (χ0n) is 15.1. The second-order valence-corrected chi connectivity index (χ2v) is 6.48. The summed E-state index contributed by atoms with van der Waals surface area (Å²) in [5.41, 5.74) is 0.880. The van der Waals surface area contributed by atoms with E-state index in [9.17, 15) is 14.4 Å². The monoisotopic (exact) mass is 370 g/mol. The summed E-state index contributed by atoms with van der Waals surface area (Å²) >= 11 is 0. The van der Waals surface area contributed by atoms with Crippen molar-refractivity contribution in [2.45, 2.75) is 38.6 Å². The molecule has 3 rings (SSSR count). The molecule has 1 aromatic heterocycles. The maximum Gasteiger partial charge on any atom is 0.338 e. The molecule has 1 saturated carbocycles. The highest BCUT2D eigenvalue weighted by atomic mass is 16.5. The molecule has 142 valence electrons. The van der Waals surface area contributed by atoms with Gasteiger partial charge in [0.1, 0.15) is 5.82 Å². The van der Waals surface area contributed by atoms with Crippen LogP contribution < -0.4 is 10.6 Å². The highest BCUT2D eigenvalue weighted by Gasteiger charge is 2.20. The van der Waals surface area contributed by atoms with Crippen LogP contribution in [0.25, 0.3) is 0 Å². The summed E-state index contributed by atoms with van der Waals surface area (Å²) in [4.78, 5) is 35.2. The number of carbonyl (C=O) groups is 3. The van der Waals surface area contributed by atoms with E-state index in [4.69, 9.17) is 4.74 Å². The molecular formula is C19H22N4O4. The van der Waals surface area contributed by atoms with Gasteiger partial charge in [0.25, 0.3) is 5.91 Å². The SMILES string of the molecule is CC(=O)Nc1ccc(C(=O)OCC(=O)Nc2ccnn2C2CCCC2)cc1. The predicted molar refractivity (Wildman–Crippen MR) is 99.4 cm³/mol. The predicted octanol–water partition coefficient (Wildman–Crippen LogP) is 2.75. The first-order chi connectivity index (χ1) is 13.0. The first-order valence-corrected chi connectivity index (χ1v) is 8.91. The number of nitrogens with zero attached hydrogens (tertiary/aromatic N) is 2. The number of carbonyl (C=O) groups excluding carboxylic acids is 3. The molecule has 2 aromatic rings. The van der Waals surface area contributed by atoms with Gasteiger partial charge in [-0.05, 0) is 37.1 Å². The minimum Gasteiger partial charge on any atom is -0.452 e. The lowest BCUT2D eigenvalue weighted by Gasteiger charge is -2.14. The summed E-state index contributed by atoms with van der Waals surface area (Å²) in [6, 6.07) is 8.29. The van der Waals surface area contributed by atoms with Crippen LogP contribution in [0, 0.1) is 0 Å². The van der Waals surface area contributed by atoms with Crippen LogP contribution in [0.5, 0.6) is 0 Å². The van der Waals surface area contributed by atoms with Gasteiger partial charge in [-0.2, -0.15) is 5.10 Å². The van der Waals surface area contributed by atoms with Crippen LogP contribution in [0.15, 0.2) is 36.5 Å². The molecule has 1 aliphatic carbocycles. The van der Waals surface area contributed by atoms with E-state index < -0.39 is 11.9 Å². The largest absolute Gasteiger partial charge is 0.452 e. The van der Waals surface area contributed by atoms with Gasteiger partial charge in [0.15, 0.2) is 6.61 Å². The number of esters is 1. The topological polar surface area (TPSA) is 102 Å². The zero-order valence-corrected chi connectivity index (χ0v) is 15.1. The van der Waals surface area contributed by atoms with E-state index in [1.807, 2.05) is 4.68 Å². The van der Waals surface area contributed by atoms with Crippen LogP contribution in [0.1, 0.15) is 49.0 Å². The summed E-state index contributed by atoms with van der Waals surface area (Å²) in [6.45, 7) is 1.02. The van der Waals surface area contributed by atoms with Gasteiger partial charge in [0, 0.05) is 18.7 Å². The third kappa shape index (κ3) is 4.93. The number of ether oxygens (including phenoxy) is 1. The van der Waals surface area contributed by atoms with Gasteiger partial charge in [0.2, 0.25) is 5.91 Å². The molecule has 0 atom stereocenters. The van der Waals surface area contributed by atoms with Gasteiger partial charge < -0.3 is 15.4 Å². The summed E-state index contributed by atoms with van der Waals surface area (Å²) in [6.07, 6.45) is 6.07. The van der Waals surface area contributed by atoms with Gasteiger partial charge in [0.05, 0.1) is 17.8 Å². The summed E-state index contributed by atoms with van der Waals surface area (Å²) in [7, 11) is 0. The molecule has 1 aliphatic rings. The van der Waals surface area contributed by atoms with E-state index in [1.54, 1.807) is 24.4 Å². The van der Waals surface area contributed by atoms with E-state index in [0.29, 0.717) is 23.1 Å². The van der Waals surface area contributed by atoms with E-state index in [1.165, 1.54) is 19.1 Å². The Morgan fingerprint density at radius 1 is 1.11 bits per heavy atom. The van der Waals surface area contributed by atoms with Crippen molar-refractivity contribution in [2.24, 2.45) is 0 Å². The molecule has 27 heavy (non-hydrogen) atoms. The van der Waals surface area contributed by atoms with Gasteiger partial charge in [-0.25, -0.2) is 9.48 Å². The maximum absolute atomic E-state index is 12.1. The van der Waals surface area contributed by atoms with Crippen LogP contribution in [-0.2, 0) is 14.3 Å². The second kappa shape index (κ2) is 8.48. The van der Waals surface area contributed by atoms with Crippen LogP contribution in [-0.4, -0.2) is 34.2 Å². The number of hydrogen-bond acceptors (Lipinski definition) is 5. The minimum atomic E-state index is -0.608. The lowest BCUT2D eigenvalue weighted by atomic mass is 10.2. The molecule has 0 spiro atoms. The second-order valence-electron chi connectivity index (χ2n) is 6.48. The normalized spacial score (nSPS) is 14.0. The van der Waals surface area contributed by atoms with Gasteiger partial charge >= 0.3 is 5.97 Å². The first kappa shape index (κ1) is 18.6. The lowest BCUT2D eigenvalue weighted by molar-refractivity contribution is -0.119. The minimum absolute atomic E-state index is 0.196.